The fourth-order valence-electron chi connectivity index (χ4n) is 10.7. The maximum absolute atomic E-state index is 2.48. The van der Waals surface area contributed by atoms with Crippen molar-refractivity contribution in [2.24, 2.45) is 0 Å². The Hall–Kier alpha value is -8.78. The second-order valence-corrected chi connectivity index (χ2v) is 17.6. The molecule has 1 heteroatoms. The zero-order valence-electron chi connectivity index (χ0n) is 36.8. The van der Waals surface area contributed by atoms with E-state index in [1.165, 1.54) is 109 Å². The van der Waals surface area contributed by atoms with Gasteiger partial charge in [-0.25, -0.2) is 0 Å². The van der Waals surface area contributed by atoms with Crippen LogP contribution in [0.5, 0.6) is 0 Å². The minimum atomic E-state index is 1.08. The molecule has 0 aliphatic rings. The topological polar surface area (TPSA) is 3.24 Å². The molecule has 0 aromatic heterocycles. The van der Waals surface area contributed by atoms with Crippen LogP contribution in [-0.2, 0) is 0 Å². The van der Waals surface area contributed by atoms with Crippen molar-refractivity contribution in [3.05, 3.63) is 261 Å². The fourth-order valence-corrected chi connectivity index (χ4v) is 10.7. The molecule has 0 aliphatic carbocycles. The summed E-state index contributed by atoms with van der Waals surface area (Å²) in [4.78, 5) is 2.48. The lowest BCUT2D eigenvalue weighted by Gasteiger charge is -2.30. The molecule has 0 radical (unpaired) electrons. The molecule has 0 saturated carbocycles. The molecule has 0 bridgehead atoms. The van der Waals surface area contributed by atoms with Gasteiger partial charge in [0.05, 0.1) is 5.69 Å². The van der Waals surface area contributed by atoms with Gasteiger partial charge in [-0.15, -0.1) is 0 Å². The van der Waals surface area contributed by atoms with E-state index in [0.717, 1.165) is 17.1 Å². The van der Waals surface area contributed by atoms with Crippen LogP contribution in [0.25, 0.3) is 109 Å². The Balaban J connectivity index is 1.10. The van der Waals surface area contributed by atoms with Crippen molar-refractivity contribution in [1.29, 1.82) is 0 Å². The standard InChI is InChI=1S/C66H43N/c1-2-17-44(18-3-1)45-33-37-50(38-34-45)67(51-39-35-46(36-40-51)62-41-47-19-4-7-22-52(47)55-25-10-13-28-58(55)62)65-32-16-31-61(63-42-48-20-5-8-23-53(48)56-26-11-14-29-59(56)63)66(65)64-43-49-21-6-9-24-54(49)57-27-12-15-30-60(57)64/h1-43H. The van der Waals surface area contributed by atoms with Gasteiger partial charge in [-0.05, 0) is 152 Å². The maximum Gasteiger partial charge on any atom is 0.0546 e. The van der Waals surface area contributed by atoms with Gasteiger partial charge in [-0.1, -0.05) is 212 Å². The zero-order valence-corrected chi connectivity index (χ0v) is 36.8. The van der Waals surface area contributed by atoms with Crippen LogP contribution in [0.3, 0.4) is 0 Å². The van der Waals surface area contributed by atoms with Crippen molar-refractivity contribution >= 4 is 81.7 Å². The molecule has 0 atom stereocenters. The average Bonchev–Trinajstić information content (AvgIpc) is 3.41. The quantitative estimate of drug-likeness (QED) is 0.144. The van der Waals surface area contributed by atoms with Crippen LogP contribution in [0.4, 0.5) is 17.1 Å². The van der Waals surface area contributed by atoms with Crippen molar-refractivity contribution in [3.63, 3.8) is 0 Å². The molecule has 0 spiro atoms. The molecule has 67 heavy (non-hydrogen) atoms. The average molecular weight is 850 g/mol. The number of benzene rings is 13. The Labute approximate surface area is 390 Å². The number of hydrogen-bond donors (Lipinski definition) is 0. The molecule has 13 aromatic rings. The predicted octanol–water partition coefficient (Wildman–Crippen LogP) is 18.7. The van der Waals surface area contributed by atoms with Crippen LogP contribution >= 0.6 is 0 Å². The molecule has 0 N–H and O–H groups in total. The van der Waals surface area contributed by atoms with E-state index >= 15 is 0 Å². The monoisotopic (exact) mass is 849 g/mol. The molecular formula is C66H43N. The SMILES string of the molecule is c1ccc(-c2ccc(N(c3ccc(-c4cc5ccccc5c5ccccc45)cc3)c3cccc(-c4cc5ccccc5c5ccccc45)c3-c3cc4ccccc4c4ccccc34)cc2)cc1. The summed E-state index contributed by atoms with van der Waals surface area (Å²) in [5.74, 6) is 0. The lowest BCUT2D eigenvalue weighted by atomic mass is 9.85. The fraction of sp³-hybridized carbons (Fsp3) is 0. The second kappa shape index (κ2) is 16.0. The lowest BCUT2D eigenvalue weighted by Crippen LogP contribution is -2.12. The van der Waals surface area contributed by atoms with Gasteiger partial charge in [0.15, 0.2) is 0 Å². The van der Waals surface area contributed by atoms with E-state index < -0.39 is 0 Å². The molecule has 0 saturated heterocycles. The van der Waals surface area contributed by atoms with Crippen LogP contribution in [0.2, 0.25) is 0 Å². The number of rotatable bonds is 7. The highest BCUT2D eigenvalue weighted by Gasteiger charge is 2.24. The van der Waals surface area contributed by atoms with Crippen LogP contribution in [0.1, 0.15) is 0 Å². The van der Waals surface area contributed by atoms with Gasteiger partial charge >= 0.3 is 0 Å². The van der Waals surface area contributed by atoms with E-state index in [-0.39, 0.29) is 0 Å². The Kier molecular flexibility index (Phi) is 9.25. The zero-order chi connectivity index (χ0) is 44.3. The Morgan fingerprint density at radius 2 is 0.582 bits per heavy atom. The smallest absolute Gasteiger partial charge is 0.0546 e. The van der Waals surface area contributed by atoms with E-state index in [1.54, 1.807) is 0 Å². The summed E-state index contributed by atoms with van der Waals surface area (Å²) in [6, 6.07) is 96.1. The summed E-state index contributed by atoms with van der Waals surface area (Å²) in [5, 5.41) is 14.9. The molecular weight excluding hydrogens is 807 g/mol. The van der Waals surface area contributed by atoms with E-state index in [1.807, 2.05) is 0 Å². The Morgan fingerprint density at radius 3 is 1.10 bits per heavy atom. The molecule has 13 rings (SSSR count). The molecule has 0 fully saturated rings. The summed E-state index contributed by atoms with van der Waals surface area (Å²) in [6.45, 7) is 0. The van der Waals surface area contributed by atoms with E-state index in [0.29, 0.717) is 0 Å². The number of hydrogen-bond acceptors (Lipinski definition) is 1. The lowest BCUT2D eigenvalue weighted by molar-refractivity contribution is 1.28. The normalized spacial score (nSPS) is 11.6. The van der Waals surface area contributed by atoms with Crippen LogP contribution in [0, 0.1) is 0 Å². The van der Waals surface area contributed by atoms with Crippen molar-refractivity contribution in [3.8, 4) is 44.5 Å². The van der Waals surface area contributed by atoms with Crippen molar-refractivity contribution < 1.29 is 0 Å². The van der Waals surface area contributed by atoms with Crippen molar-refractivity contribution in [2.75, 3.05) is 4.90 Å². The highest BCUT2D eigenvalue weighted by molar-refractivity contribution is 6.20. The summed E-state index contributed by atoms with van der Waals surface area (Å²) in [6.07, 6.45) is 0. The predicted molar refractivity (Wildman–Crippen MR) is 288 cm³/mol. The molecule has 0 aliphatic heterocycles. The number of nitrogens with zero attached hydrogens (tertiary/aromatic N) is 1. The molecule has 1 nitrogen and oxygen atoms in total. The highest BCUT2D eigenvalue weighted by Crippen LogP contribution is 2.50. The third-order valence-corrected chi connectivity index (χ3v) is 13.8. The Morgan fingerprint density at radius 1 is 0.209 bits per heavy atom. The van der Waals surface area contributed by atoms with Crippen molar-refractivity contribution in [1.82, 2.24) is 0 Å². The minimum Gasteiger partial charge on any atom is -0.310 e. The second-order valence-electron chi connectivity index (χ2n) is 17.6. The van der Waals surface area contributed by atoms with Gasteiger partial charge in [0.1, 0.15) is 0 Å². The molecule has 0 amide bonds. The first-order valence-corrected chi connectivity index (χ1v) is 23.2. The number of anilines is 3. The van der Waals surface area contributed by atoms with Crippen molar-refractivity contribution in [2.45, 2.75) is 0 Å². The molecule has 13 aromatic carbocycles. The first-order valence-electron chi connectivity index (χ1n) is 23.2. The molecule has 312 valence electrons. The third kappa shape index (κ3) is 6.55. The summed E-state index contributed by atoms with van der Waals surface area (Å²) in [7, 11) is 0. The van der Waals surface area contributed by atoms with Gasteiger partial charge in [0.25, 0.3) is 0 Å². The van der Waals surface area contributed by atoms with E-state index in [2.05, 4.69) is 266 Å². The summed E-state index contributed by atoms with van der Waals surface area (Å²) >= 11 is 0. The summed E-state index contributed by atoms with van der Waals surface area (Å²) in [5.41, 5.74) is 12.8. The number of fused-ring (bicyclic) bond motifs is 9. The van der Waals surface area contributed by atoms with E-state index in [4.69, 9.17) is 0 Å². The first-order chi connectivity index (χ1) is 33.2. The first kappa shape index (κ1) is 38.7. The largest absolute Gasteiger partial charge is 0.310 e. The van der Waals surface area contributed by atoms with Crippen LogP contribution in [-0.4, -0.2) is 0 Å². The van der Waals surface area contributed by atoms with E-state index in [9.17, 15) is 0 Å². The molecule has 0 unspecified atom stereocenters. The minimum absolute atomic E-state index is 1.08. The van der Waals surface area contributed by atoms with Gasteiger partial charge in [-0.3, -0.25) is 0 Å². The highest BCUT2D eigenvalue weighted by atomic mass is 15.1. The van der Waals surface area contributed by atoms with Crippen LogP contribution in [0.15, 0.2) is 261 Å². The third-order valence-electron chi connectivity index (χ3n) is 13.8. The molecule has 0 heterocycles. The van der Waals surface area contributed by atoms with Crippen LogP contribution < -0.4 is 4.90 Å². The van der Waals surface area contributed by atoms with Gasteiger partial charge in [-0.2, -0.15) is 0 Å². The Bertz CT molecular complexity index is 4020. The summed E-state index contributed by atoms with van der Waals surface area (Å²) < 4.78 is 0. The van der Waals surface area contributed by atoms with Gasteiger partial charge < -0.3 is 4.90 Å². The van der Waals surface area contributed by atoms with Gasteiger partial charge in [0.2, 0.25) is 0 Å². The van der Waals surface area contributed by atoms with Gasteiger partial charge in [0, 0.05) is 16.9 Å². The maximum atomic E-state index is 2.48.